The van der Waals surface area contributed by atoms with Crippen molar-refractivity contribution in [2.45, 2.75) is 35.5 Å². The van der Waals surface area contributed by atoms with E-state index in [1.807, 2.05) is 18.2 Å². The summed E-state index contributed by atoms with van der Waals surface area (Å²) in [6, 6.07) is 11.0. The van der Waals surface area contributed by atoms with E-state index < -0.39 is 28.9 Å². The molecule has 1 amide bonds. The van der Waals surface area contributed by atoms with Gasteiger partial charge in [0.2, 0.25) is 0 Å². The minimum atomic E-state index is -4.83. The summed E-state index contributed by atoms with van der Waals surface area (Å²) >= 11 is 13.2. The molecule has 0 aliphatic carbocycles. The fraction of sp³-hybridized carbons (Fsp3) is 0.174. The quantitative estimate of drug-likeness (QED) is 0.347. The van der Waals surface area contributed by atoms with Gasteiger partial charge < -0.3 is 9.88 Å². The second-order valence-electron chi connectivity index (χ2n) is 8.17. The van der Waals surface area contributed by atoms with Crippen LogP contribution in [0.15, 0.2) is 57.1 Å². The molecule has 14 heteroatoms. The van der Waals surface area contributed by atoms with Gasteiger partial charge in [-0.3, -0.25) is 9.59 Å². The van der Waals surface area contributed by atoms with E-state index in [-0.39, 0.29) is 32.9 Å². The maximum Gasteiger partial charge on any atom is 0.431 e. The highest BCUT2D eigenvalue weighted by Crippen LogP contribution is 2.41. The third-order valence-electron chi connectivity index (χ3n) is 5.68. The number of amides is 1. The second-order valence-corrected chi connectivity index (χ2v) is 10.0. The highest BCUT2D eigenvalue weighted by Gasteiger charge is 2.36. The number of alkyl halides is 3. The molecule has 0 atom stereocenters. The van der Waals surface area contributed by atoms with Gasteiger partial charge in [-0.15, -0.1) is 10.2 Å². The Bertz CT molecular complexity index is 1540. The van der Waals surface area contributed by atoms with E-state index in [0.29, 0.717) is 12.2 Å². The van der Waals surface area contributed by atoms with E-state index in [4.69, 9.17) is 23.2 Å². The number of hydrogen-bond donors (Lipinski definition) is 2. The third kappa shape index (κ3) is 5.22. The Morgan fingerprint density at radius 3 is 2.49 bits per heavy atom. The molecule has 2 aromatic carbocycles. The molecule has 190 valence electrons. The summed E-state index contributed by atoms with van der Waals surface area (Å²) in [5.41, 5.74) is -0.257. The van der Waals surface area contributed by atoms with Crippen LogP contribution in [0.25, 0.3) is 0 Å². The lowest BCUT2D eigenvalue weighted by Crippen LogP contribution is -2.32. The number of carbonyl (C=O) groups excluding carboxylic acids is 1. The smallest absolute Gasteiger partial charge is 0.330 e. The van der Waals surface area contributed by atoms with Crippen molar-refractivity contribution in [1.82, 2.24) is 30.5 Å². The summed E-state index contributed by atoms with van der Waals surface area (Å²) in [6.45, 7) is 0.361. The minimum absolute atomic E-state index is 0.172. The van der Waals surface area contributed by atoms with Gasteiger partial charge in [0, 0.05) is 29.3 Å². The van der Waals surface area contributed by atoms with E-state index in [1.165, 1.54) is 17.0 Å². The van der Waals surface area contributed by atoms with E-state index in [0.717, 1.165) is 34.5 Å². The molecular weight excluding hydrogens is 552 g/mol. The van der Waals surface area contributed by atoms with Crippen LogP contribution >= 0.6 is 35.0 Å². The molecule has 0 radical (unpaired) electrons. The molecule has 1 aliphatic rings. The van der Waals surface area contributed by atoms with Crippen LogP contribution in [0.1, 0.15) is 38.6 Å². The van der Waals surface area contributed by atoms with Gasteiger partial charge in [0.25, 0.3) is 11.5 Å². The van der Waals surface area contributed by atoms with Crippen molar-refractivity contribution in [3.63, 3.8) is 0 Å². The number of hydrogen-bond acceptors (Lipinski definition) is 6. The second kappa shape index (κ2) is 9.84. The summed E-state index contributed by atoms with van der Waals surface area (Å²) in [6.07, 6.45) is -4.41. The standard InChI is InChI=1S/C23H15Cl2F3N6O2S/c24-14-2-1-3-15(25)20(14)37-16-8-17(23(26,27)28)29-21(35)19(16)22(36)34-9-12-5-4-11(6-13(12)10-34)7-18-30-32-33-31-18/h1-6,8H,7,9-10H2,(H,29,35)(H,30,31,32,33). The zero-order valence-electron chi connectivity index (χ0n) is 18.6. The minimum Gasteiger partial charge on any atom is -0.330 e. The number of halogens is 5. The maximum absolute atomic E-state index is 13.5. The molecule has 2 N–H and O–H groups in total. The van der Waals surface area contributed by atoms with Gasteiger partial charge in [-0.2, -0.15) is 18.4 Å². The first-order valence-electron chi connectivity index (χ1n) is 10.7. The number of H-pyrrole nitrogens is 2. The number of nitrogens with one attached hydrogen (secondary N) is 2. The van der Waals surface area contributed by atoms with Gasteiger partial charge >= 0.3 is 6.18 Å². The summed E-state index contributed by atoms with van der Waals surface area (Å²) < 4.78 is 40.5. The van der Waals surface area contributed by atoms with Crippen molar-refractivity contribution in [3.8, 4) is 0 Å². The molecule has 4 aromatic rings. The Hall–Kier alpha value is -3.35. The number of rotatable bonds is 5. The van der Waals surface area contributed by atoms with Crippen molar-refractivity contribution in [1.29, 1.82) is 0 Å². The Morgan fingerprint density at radius 1 is 1.08 bits per heavy atom. The Morgan fingerprint density at radius 2 is 1.81 bits per heavy atom. The lowest BCUT2D eigenvalue weighted by Gasteiger charge is -2.18. The SMILES string of the molecule is O=C(c1c(Sc2c(Cl)cccc2Cl)cc(C(F)(F)F)[nH]c1=O)N1Cc2ccc(Cc3nn[nH]n3)cc2C1. The monoisotopic (exact) mass is 566 g/mol. The molecule has 0 bridgehead atoms. The van der Waals surface area contributed by atoms with Crippen LogP contribution in [0.4, 0.5) is 13.2 Å². The zero-order chi connectivity index (χ0) is 26.3. The van der Waals surface area contributed by atoms with Crippen molar-refractivity contribution >= 4 is 40.9 Å². The summed E-state index contributed by atoms with van der Waals surface area (Å²) in [5.74, 6) is -0.210. The normalized spacial score (nSPS) is 13.2. The van der Waals surface area contributed by atoms with Gasteiger partial charge in [-0.25, -0.2) is 0 Å². The van der Waals surface area contributed by atoms with Gasteiger partial charge in [-0.05, 0) is 34.9 Å². The number of aromatic amines is 2. The summed E-state index contributed by atoms with van der Waals surface area (Å²) in [5, 5.41) is 14.1. The number of fused-ring (bicyclic) bond motifs is 1. The zero-order valence-corrected chi connectivity index (χ0v) is 20.9. The number of carbonyl (C=O) groups is 1. The first-order chi connectivity index (χ1) is 17.6. The number of benzene rings is 2. The number of pyridine rings is 1. The number of tetrazole rings is 1. The molecule has 2 aromatic heterocycles. The summed E-state index contributed by atoms with van der Waals surface area (Å²) in [4.78, 5) is 29.6. The molecule has 0 unspecified atom stereocenters. The average Bonchev–Trinajstić information content (AvgIpc) is 3.50. The van der Waals surface area contributed by atoms with E-state index in [9.17, 15) is 22.8 Å². The van der Waals surface area contributed by atoms with Crippen LogP contribution in [0.5, 0.6) is 0 Å². The number of nitrogens with zero attached hydrogens (tertiary/aromatic N) is 4. The molecule has 0 saturated heterocycles. The van der Waals surface area contributed by atoms with Gasteiger partial charge in [0.05, 0.1) is 10.0 Å². The van der Waals surface area contributed by atoms with Crippen LogP contribution in [0.3, 0.4) is 0 Å². The molecule has 8 nitrogen and oxygen atoms in total. The molecule has 1 aliphatic heterocycles. The van der Waals surface area contributed by atoms with Crippen LogP contribution in [-0.2, 0) is 25.7 Å². The molecule has 0 saturated carbocycles. The van der Waals surface area contributed by atoms with Crippen molar-refractivity contribution in [2.24, 2.45) is 0 Å². The lowest BCUT2D eigenvalue weighted by molar-refractivity contribution is -0.141. The topological polar surface area (TPSA) is 108 Å². The first kappa shape index (κ1) is 25.3. The molecule has 3 heterocycles. The van der Waals surface area contributed by atoms with E-state index in [2.05, 4.69) is 20.6 Å². The van der Waals surface area contributed by atoms with Gasteiger partial charge in [-0.1, -0.05) is 64.4 Å². The maximum atomic E-state index is 13.5. The summed E-state index contributed by atoms with van der Waals surface area (Å²) in [7, 11) is 0. The fourth-order valence-corrected chi connectivity index (χ4v) is 5.60. The Kier molecular flexibility index (Phi) is 6.73. The van der Waals surface area contributed by atoms with Crippen molar-refractivity contribution in [3.05, 3.63) is 96.6 Å². The molecule has 5 rings (SSSR count). The van der Waals surface area contributed by atoms with E-state index in [1.54, 1.807) is 11.1 Å². The predicted molar refractivity (Wildman–Crippen MR) is 130 cm³/mol. The fourth-order valence-electron chi connectivity index (χ4n) is 3.96. The Balaban J connectivity index is 1.49. The highest BCUT2D eigenvalue weighted by atomic mass is 35.5. The average molecular weight is 567 g/mol. The van der Waals surface area contributed by atoms with Crippen LogP contribution in [0, 0.1) is 0 Å². The molecule has 37 heavy (non-hydrogen) atoms. The van der Waals surface area contributed by atoms with E-state index >= 15 is 0 Å². The Labute approximate surface area is 221 Å². The largest absolute Gasteiger partial charge is 0.431 e. The third-order valence-corrected chi connectivity index (χ3v) is 7.72. The highest BCUT2D eigenvalue weighted by molar-refractivity contribution is 7.99. The molecular formula is C23H15Cl2F3N6O2S. The van der Waals surface area contributed by atoms with Crippen molar-refractivity contribution in [2.75, 3.05) is 0 Å². The number of aromatic nitrogens is 5. The van der Waals surface area contributed by atoms with Crippen LogP contribution in [0.2, 0.25) is 10.0 Å². The predicted octanol–water partition coefficient (Wildman–Crippen LogP) is 5.11. The molecule has 0 fully saturated rings. The van der Waals surface area contributed by atoms with Crippen LogP contribution < -0.4 is 5.56 Å². The van der Waals surface area contributed by atoms with Crippen LogP contribution in [-0.4, -0.2) is 36.4 Å². The van der Waals surface area contributed by atoms with Gasteiger partial charge in [0.1, 0.15) is 11.3 Å². The molecule has 0 spiro atoms. The first-order valence-corrected chi connectivity index (χ1v) is 12.3. The lowest BCUT2D eigenvalue weighted by atomic mass is 10.0. The van der Waals surface area contributed by atoms with Crippen molar-refractivity contribution < 1.29 is 18.0 Å². The van der Waals surface area contributed by atoms with Gasteiger partial charge in [0.15, 0.2) is 5.82 Å².